The topological polar surface area (TPSA) is 143 Å². The third kappa shape index (κ3) is 6.83. The molecule has 11 nitrogen and oxygen atoms in total. The van der Waals surface area contributed by atoms with Crippen molar-refractivity contribution in [3.05, 3.63) is 66.2 Å². The van der Waals surface area contributed by atoms with Crippen LogP contribution in [0.4, 0.5) is 35.3 Å². The van der Waals surface area contributed by atoms with Crippen molar-refractivity contribution in [1.29, 1.82) is 0 Å². The molecule has 5 N–H and O–H groups in total. The summed E-state index contributed by atoms with van der Waals surface area (Å²) >= 11 is 0. The largest absolute Gasteiger partial charge is 0.433 e. The first-order valence-corrected chi connectivity index (χ1v) is 12.3. The van der Waals surface area contributed by atoms with E-state index < -0.39 is 17.9 Å². The number of pyridine rings is 1. The lowest BCUT2D eigenvalue weighted by Crippen LogP contribution is -2.25. The molecule has 4 rings (SSSR count). The van der Waals surface area contributed by atoms with E-state index in [0.717, 1.165) is 31.5 Å². The Labute approximate surface area is 227 Å². The molecular weight excluding hydrogens is 527 g/mol. The van der Waals surface area contributed by atoms with Crippen LogP contribution in [0.15, 0.2) is 55.0 Å². The normalized spacial score (nSPS) is 11.6. The van der Waals surface area contributed by atoms with E-state index in [-0.39, 0.29) is 17.5 Å². The number of aromatic nitrogens is 4. The molecule has 0 saturated heterocycles. The first-order valence-electron chi connectivity index (χ1n) is 12.3. The minimum atomic E-state index is -4.64. The predicted octanol–water partition coefficient (Wildman–Crippen LogP) is 4.11. The van der Waals surface area contributed by atoms with E-state index in [1.54, 1.807) is 30.5 Å². The van der Waals surface area contributed by atoms with Crippen LogP contribution in [0, 0.1) is 0 Å². The van der Waals surface area contributed by atoms with Gasteiger partial charge in [0.05, 0.1) is 5.56 Å². The zero-order valence-corrected chi connectivity index (χ0v) is 21.8. The van der Waals surface area contributed by atoms with E-state index in [2.05, 4.69) is 35.9 Å². The number of alkyl halides is 3. The highest BCUT2D eigenvalue weighted by atomic mass is 19.4. The van der Waals surface area contributed by atoms with Crippen LogP contribution >= 0.6 is 0 Å². The average Bonchev–Trinajstić information content (AvgIpc) is 3.29. The van der Waals surface area contributed by atoms with Crippen LogP contribution < -0.4 is 21.7 Å². The molecule has 3 aromatic heterocycles. The minimum absolute atomic E-state index is 0.185. The summed E-state index contributed by atoms with van der Waals surface area (Å²) in [6, 6.07) is 8.95. The smallest absolute Gasteiger partial charge is 0.382 e. The van der Waals surface area contributed by atoms with Gasteiger partial charge in [-0.25, -0.2) is 19.3 Å². The number of nitrogens with one attached hydrogen (secondary N) is 3. The number of carbonyl (C=O) groups is 2. The maximum Gasteiger partial charge on any atom is 0.433 e. The fraction of sp³-hybridized carbons (Fsp3) is 0.269. The van der Waals surface area contributed by atoms with E-state index in [1.165, 1.54) is 16.9 Å². The van der Waals surface area contributed by atoms with Crippen LogP contribution in [-0.4, -0.2) is 63.6 Å². The standard InChI is InChI=1S/C26H28F3N9O2/c1-37(2)13-4-3-12-31-24(39)18-14-38-22(23(30)32-15-33-38)21(18)16-8-10-17(11-9-16)34-25(40)36-20-7-5-6-19(35-20)26(27,28)29/h5-11,14-15H,3-4,12-13H2,1-2H3,(H,31,39)(H2,30,32,33)(H2,34,35,36,40). The van der Waals surface area contributed by atoms with Crippen molar-refractivity contribution in [2.24, 2.45) is 0 Å². The molecule has 40 heavy (non-hydrogen) atoms. The van der Waals surface area contributed by atoms with Crippen LogP contribution in [-0.2, 0) is 6.18 Å². The number of amides is 3. The van der Waals surface area contributed by atoms with Gasteiger partial charge in [-0.3, -0.25) is 10.1 Å². The maximum atomic E-state index is 13.1. The molecule has 0 bridgehead atoms. The molecule has 0 unspecified atom stereocenters. The number of anilines is 3. The Morgan fingerprint density at radius 3 is 2.50 bits per heavy atom. The summed E-state index contributed by atoms with van der Waals surface area (Å²) in [5.41, 5.74) is 7.32. The van der Waals surface area contributed by atoms with Gasteiger partial charge in [-0.15, -0.1) is 0 Å². The molecule has 0 aliphatic rings. The lowest BCUT2D eigenvalue weighted by Gasteiger charge is -2.11. The Kier molecular flexibility index (Phi) is 8.48. The van der Waals surface area contributed by atoms with E-state index in [4.69, 9.17) is 5.73 Å². The number of hydrogen-bond acceptors (Lipinski definition) is 7. The summed E-state index contributed by atoms with van der Waals surface area (Å²) < 4.78 is 40.2. The first kappa shape index (κ1) is 28.3. The number of benzene rings is 1. The highest BCUT2D eigenvalue weighted by Crippen LogP contribution is 2.33. The Balaban J connectivity index is 1.51. The number of nitrogens with zero attached hydrogens (tertiary/aromatic N) is 5. The predicted molar refractivity (Wildman–Crippen MR) is 145 cm³/mol. The molecule has 0 aliphatic heterocycles. The number of fused-ring (bicyclic) bond motifs is 1. The van der Waals surface area contributed by atoms with Crippen molar-refractivity contribution in [3.8, 4) is 11.1 Å². The highest BCUT2D eigenvalue weighted by molar-refractivity contribution is 6.07. The number of urea groups is 1. The van der Waals surface area contributed by atoms with Crippen molar-refractivity contribution in [2.45, 2.75) is 19.0 Å². The Hall–Kier alpha value is -4.72. The lowest BCUT2D eigenvalue weighted by molar-refractivity contribution is -0.141. The first-order chi connectivity index (χ1) is 19.0. The zero-order valence-electron chi connectivity index (χ0n) is 21.8. The molecule has 0 spiro atoms. The van der Waals surface area contributed by atoms with Crippen molar-refractivity contribution < 1.29 is 22.8 Å². The summed E-state index contributed by atoms with van der Waals surface area (Å²) in [4.78, 5) is 35.0. The SMILES string of the molecule is CN(C)CCCCNC(=O)c1cn2ncnc(N)c2c1-c1ccc(NC(=O)Nc2cccc(C(F)(F)F)n2)cc1. The highest BCUT2D eigenvalue weighted by Gasteiger charge is 2.32. The van der Waals surface area contributed by atoms with E-state index in [9.17, 15) is 22.8 Å². The second kappa shape index (κ2) is 12.0. The molecule has 0 fully saturated rings. The second-order valence-electron chi connectivity index (χ2n) is 9.18. The maximum absolute atomic E-state index is 13.1. The Morgan fingerprint density at radius 2 is 1.80 bits per heavy atom. The van der Waals surface area contributed by atoms with Gasteiger partial charge in [0, 0.05) is 24.0 Å². The van der Waals surface area contributed by atoms with Crippen LogP contribution in [0.5, 0.6) is 0 Å². The summed E-state index contributed by atoms with van der Waals surface area (Å²) in [7, 11) is 3.98. The molecule has 3 amide bonds. The zero-order chi connectivity index (χ0) is 28.9. The fourth-order valence-electron chi connectivity index (χ4n) is 4.01. The Morgan fingerprint density at radius 1 is 1.05 bits per heavy atom. The summed E-state index contributed by atoms with van der Waals surface area (Å²) in [6.45, 7) is 1.41. The van der Waals surface area contributed by atoms with Gasteiger partial charge in [0.25, 0.3) is 5.91 Å². The molecular formula is C26H28F3N9O2. The van der Waals surface area contributed by atoms with Crippen molar-refractivity contribution >= 4 is 34.8 Å². The van der Waals surface area contributed by atoms with Crippen LogP contribution in [0.2, 0.25) is 0 Å². The molecule has 0 aliphatic carbocycles. The molecule has 0 saturated carbocycles. The average molecular weight is 556 g/mol. The third-order valence-corrected chi connectivity index (χ3v) is 5.88. The van der Waals surface area contributed by atoms with Gasteiger partial charge < -0.3 is 21.3 Å². The molecule has 0 atom stereocenters. The van der Waals surface area contributed by atoms with Gasteiger partial charge in [-0.05, 0) is 63.3 Å². The van der Waals surface area contributed by atoms with Crippen LogP contribution in [0.3, 0.4) is 0 Å². The number of nitrogens with two attached hydrogens (primary N) is 1. The van der Waals surface area contributed by atoms with Crippen molar-refractivity contribution in [2.75, 3.05) is 43.6 Å². The van der Waals surface area contributed by atoms with Crippen LogP contribution in [0.1, 0.15) is 28.9 Å². The lowest BCUT2D eigenvalue weighted by atomic mass is 10.0. The third-order valence-electron chi connectivity index (χ3n) is 5.88. The summed E-state index contributed by atoms with van der Waals surface area (Å²) in [6.07, 6.45) is -0.0157. The minimum Gasteiger partial charge on any atom is -0.382 e. The molecule has 4 aromatic rings. The van der Waals surface area contributed by atoms with Crippen molar-refractivity contribution in [1.82, 2.24) is 29.8 Å². The quantitative estimate of drug-likeness (QED) is 0.228. The Bertz CT molecular complexity index is 1500. The number of rotatable bonds is 9. The number of unbranched alkanes of at least 4 members (excludes halogenated alkanes) is 1. The second-order valence-corrected chi connectivity index (χ2v) is 9.18. The fourth-order valence-corrected chi connectivity index (χ4v) is 4.01. The van der Waals surface area contributed by atoms with Gasteiger partial charge in [0.1, 0.15) is 23.4 Å². The van der Waals surface area contributed by atoms with Gasteiger partial charge in [0.2, 0.25) is 0 Å². The molecule has 14 heteroatoms. The molecule has 210 valence electrons. The van der Waals surface area contributed by atoms with Gasteiger partial charge >= 0.3 is 12.2 Å². The number of halogens is 3. The number of nitrogen functional groups attached to an aromatic ring is 1. The van der Waals surface area contributed by atoms with Gasteiger partial charge in [-0.2, -0.15) is 18.3 Å². The summed E-state index contributed by atoms with van der Waals surface area (Å²) in [5.74, 6) is -0.359. The van der Waals surface area contributed by atoms with Gasteiger partial charge in [-0.1, -0.05) is 18.2 Å². The van der Waals surface area contributed by atoms with E-state index >= 15 is 0 Å². The van der Waals surface area contributed by atoms with E-state index in [1.807, 2.05) is 14.1 Å². The molecule has 1 aromatic carbocycles. The van der Waals surface area contributed by atoms with E-state index in [0.29, 0.717) is 34.4 Å². The molecule has 3 heterocycles. The molecule has 0 radical (unpaired) electrons. The number of carbonyl (C=O) groups excluding carboxylic acids is 2. The number of hydrogen-bond donors (Lipinski definition) is 4. The van der Waals surface area contributed by atoms with Crippen molar-refractivity contribution in [3.63, 3.8) is 0 Å². The van der Waals surface area contributed by atoms with Gasteiger partial charge in [0.15, 0.2) is 5.82 Å². The monoisotopic (exact) mass is 555 g/mol. The summed E-state index contributed by atoms with van der Waals surface area (Å²) in [5, 5.41) is 11.9. The van der Waals surface area contributed by atoms with Crippen LogP contribution in [0.25, 0.3) is 16.6 Å².